The fraction of sp³-hybridized carbons (Fsp3) is 0.941. The molecule has 0 rings (SSSR count). The second-order valence-electron chi connectivity index (χ2n) is 7.47. The van der Waals surface area contributed by atoms with Gasteiger partial charge in [-0.2, -0.15) is 0 Å². The smallest absolute Gasteiger partial charge is 0.463 e. The van der Waals surface area contributed by atoms with Crippen molar-refractivity contribution < 1.29 is 37.6 Å². The molecule has 0 aliphatic rings. The lowest BCUT2D eigenvalue weighted by Gasteiger charge is -2.24. The number of ether oxygens (including phenoxy) is 1. The molecule has 0 aromatic heterocycles. The third-order valence-corrected chi connectivity index (χ3v) is 4.60. The predicted molar refractivity (Wildman–Crippen MR) is 99.6 cm³/mol. The normalized spacial score (nSPS) is 15.5. The van der Waals surface area contributed by atoms with Gasteiger partial charge in [-0.1, -0.05) is 39.0 Å². The number of rotatable bonds is 16. The van der Waals surface area contributed by atoms with Crippen LogP contribution in [0.1, 0.15) is 51.9 Å². The SMILES string of the molecule is CCCCCCCCC(=O)OC[C@@H](O)COP(=O)(O)OCC[N+](C)(C)C. The maximum atomic E-state index is 11.7. The lowest BCUT2D eigenvalue weighted by Crippen LogP contribution is -2.37. The molecule has 8 nitrogen and oxygen atoms in total. The van der Waals surface area contributed by atoms with Gasteiger partial charge in [0.1, 0.15) is 25.9 Å². The quantitative estimate of drug-likeness (QED) is 0.178. The van der Waals surface area contributed by atoms with Crippen LogP contribution < -0.4 is 0 Å². The molecule has 0 aliphatic carbocycles. The van der Waals surface area contributed by atoms with Crippen molar-refractivity contribution in [1.82, 2.24) is 0 Å². The first-order valence-electron chi connectivity index (χ1n) is 9.32. The van der Waals surface area contributed by atoms with Gasteiger partial charge in [0.2, 0.25) is 0 Å². The van der Waals surface area contributed by atoms with Crippen LogP contribution in [-0.4, -0.2) is 74.1 Å². The van der Waals surface area contributed by atoms with Crippen LogP contribution in [0, 0.1) is 0 Å². The van der Waals surface area contributed by atoms with E-state index in [9.17, 15) is 19.4 Å². The molecular formula is C17H37NO7P+. The predicted octanol–water partition coefficient (Wildman–Crippen LogP) is 2.48. The van der Waals surface area contributed by atoms with Crippen molar-refractivity contribution in [2.45, 2.75) is 58.0 Å². The number of unbranched alkanes of at least 4 members (excludes halogenated alkanes) is 5. The summed E-state index contributed by atoms with van der Waals surface area (Å²) in [7, 11) is 1.56. The van der Waals surface area contributed by atoms with E-state index in [0.717, 1.165) is 19.3 Å². The van der Waals surface area contributed by atoms with Gasteiger partial charge in [0.05, 0.1) is 27.7 Å². The molecule has 0 heterocycles. The Morgan fingerprint density at radius 1 is 1.04 bits per heavy atom. The van der Waals surface area contributed by atoms with E-state index in [2.05, 4.69) is 6.92 Å². The van der Waals surface area contributed by atoms with Gasteiger partial charge in [0.15, 0.2) is 0 Å². The highest BCUT2D eigenvalue weighted by atomic mass is 31.2. The van der Waals surface area contributed by atoms with Gasteiger partial charge < -0.3 is 19.2 Å². The Hall–Kier alpha value is -0.500. The van der Waals surface area contributed by atoms with E-state index in [-0.39, 0.29) is 19.2 Å². The van der Waals surface area contributed by atoms with Gasteiger partial charge in [0.25, 0.3) is 0 Å². The number of carbonyl (C=O) groups is 1. The second-order valence-corrected chi connectivity index (χ2v) is 8.92. The van der Waals surface area contributed by atoms with Crippen LogP contribution in [0.15, 0.2) is 0 Å². The molecule has 0 amide bonds. The fourth-order valence-electron chi connectivity index (χ4n) is 2.01. The summed E-state index contributed by atoms with van der Waals surface area (Å²) in [5.74, 6) is -0.383. The van der Waals surface area contributed by atoms with Crippen LogP contribution in [0.25, 0.3) is 0 Å². The summed E-state index contributed by atoms with van der Waals surface area (Å²) in [5, 5.41) is 9.69. The van der Waals surface area contributed by atoms with Crippen molar-refractivity contribution in [2.24, 2.45) is 0 Å². The third kappa shape index (κ3) is 16.9. The van der Waals surface area contributed by atoms with E-state index in [0.29, 0.717) is 17.4 Å². The minimum Gasteiger partial charge on any atom is -0.463 e. The number of phosphoric acid groups is 1. The van der Waals surface area contributed by atoms with Crippen LogP contribution in [-0.2, 0) is 23.1 Å². The third-order valence-electron chi connectivity index (χ3n) is 3.62. The molecule has 0 fully saturated rings. The number of hydrogen-bond acceptors (Lipinski definition) is 6. The Labute approximate surface area is 157 Å². The van der Waals surface area contributed by atoms with E-state index < -0.39 is 20.5 Å². The molecule has 2 N–H and O–H groups in total. The second kappa shape index (κ2) is 13.6. The summed E-state index contributed by atoms with van der Waals surface area (Å²) in [6, 6.07) is 0. The van der Waals surface area contributed by atoms with Crippen molar-refractivity contribution in [1.29, 1.82) is 0 Å². The van der Waals surface area contributed by atoms with E-state index in [1.807, 2.05) is 21.1 Å². The molecule has 0 saturated heterocycles. The first-order valence-corrected chi connectivity index (χ1v) is 10.8. The van der Waals surface area contributed by atoms with Crippen molar-refractivity contribution >= 4 is 13.8 Å². The standard InChI is InChI=1S/C17H36NO7P/c1-5-6-7-8-9-10-11-17(20)23-14-16(19)15-25-26(21,22)24-13-12-18(2,3)4/h16,19H,5-15H2,1-4H3/p+1/t16-/m1/s1. The van der Waals surface area contributed by atoms with Crippen LogP contribution in [0.5, 0.6) is 0 Å². The summed E-state index contributed by atoms with van der Waals surface area (Å²) in [6.45, 7) is 2.03. The summed E-state index contributed by atoms with van der Waals surface area (Å²) >= 11 is 0. The minimum absolute atomic E-state index is 0.0562. The topological polar surface area (TPSA) is 102 Å². The van der Waals surface area contributed by atoms with Gasteiger partial charge in [-0.05, 0) is 6.42 Å². The van der Waals surface area contributed by atoms with Crippen LogP contribution >= 0.6 is 7.82 Å². The number of esters is 1. The molecule has 26 heavy (non-hydrogen) atoms. The molecule has 0 radical (unpaired) electrons. The summed E-state index contributed by atoms with van der Waals surface area (Å²) < 4.78 is 26.7. The van der Waals surface area contributed by atoms with E-state index >= 15 is 0 Å². The molecule has 156 valence electrons. The molecule has 0 aromatic carbocycles. The zero-order chi connectivity index (χ0) is 20.1. The van der Waals surface area contributed by atoms with Gasteiger partial charge >= 0.3 is 13.8 Å². The lowest BCUT2D eigenvalue weighted by molar-refractivity contribution is -0.870. The van der Waals surface area contributed by atoms with Gasteiger partial charge in [-0.25, -0.2) is 4.57 Å². The largest absolute Gasteiger partial charge is 0.472 e. The van der Waals surface area contributed by atoms with Crippen molar-refractivity contribution in [3.8, 4) is 0 Å². The molecule has 9 heteroatoms. The van der Waals surface area contributed by atoms with Gasteiger partial charge in [-0.3, -0.25) is 13.8 Å². The Morgan fingerprint density at radius 2 is 1.65 bits per heavy atom. The first-order chi connectivity index (χ1) is 12.1. The van der Waals surface area contributed by atoms with Crippen molar-refractivity contribution in [3.63, 3.8) is 0 Å². The number of aliphatic hydroxyl groups is 1. The highest BCUT2D eigenvalue weighted by Gasteiger charge is 2.24. The lowest BCUT2D eigenvalue weighted by atomic mass is 10.1. The van der Waals surface area contributed by atoms with Crippen LogP contribution in [0.2, 0.25) is 0 Å². The molecule has 1 unspecified atom stereocenters. The Kier molecular flexibility index (Phi) is 13.4. The number of phosphoric ester groups is 1. The Balaban J connectivity index is 3.78. The molecular weight excluding hydrogens is 361 g/mol. The average molecular weight is 398 g/mol. The number of nitrogens with zero attached hydrogens (tertiary/aromatic N) is 1. The highest BCUT2D eigenvalue weighted by Crippen LogP contribution is 2.43. The minimum atomic E-state index is -4.22. The average Bonchev–Trinajstić information content (AvgIpc) is 2.53. The van der Waals surface area contributed by atoms with Crippen LogP contribution in [0.4, 0.5) is 0 Å². The molecule has 0 spiro atoms. The summed E-state index contributed by atoms with van der Waals surface area (Å²) in [6.07, 6.45) is 5.57. The number of hydrogen-bond donors (Lipinski definition) is 2. The first kappa shape index (κ1) is 25.5. The van der Waals surface area contributed by atoms with E-state index in [4.69, 9.17) is 13.8 Å². The Morgan fingerprint density at radius 3 is 2.27 bits per heavy atom. The van der Waals surface area contributed by atoms with Crippen LogP contribution in [0.3, 0.4) is 0 Å². The number of carbonyl (C=O) groups excluding carboxylic acids is 1. The zero-order valence-electron chi connectivity index (χ0n) is 16.7. The van der Waals surface area contributed by atoms with Gasteiger partial charge in [-0.15, -0.1) is 0 Å². The van der Waals surface area contributed by atoms with E-state index in [1.165, 1.54) is 19.3 Å². The highest BCUT2D eigenvalue weighted by molar-refractivity contribution is 7.47. The van der Waals surface area contributed by atoms with Crippen molar-refractivity contribution in [3.05, 3.63) is 0 Å². The van der Waals surface area contributed by atoms with Crippen molar-refractivity contribution in [2.75, 3.05) is 47.5 Å². The Bertz CT molecular complexity index is 426. The number of aliphatic hydroxyl groups excluding tert-OH is 1. The molecule has 0 aliphatic heterocycles. The molecule has 2 atom stereocenters. The number of quaternary nitrogens is 1. The summed E-state index contributed by atoms with van der Waals surface area (Å²) in [4.78, 5) is 21.1. The summed E-state index contributed by atoms with van der Waals surface area (Å²) in [5.41, 5.74) is 0. The molecule has 0 bridgehead atoms. The van der Waals surface area contributed by atoms with E-state index in [1.54, 1.807) is 0 Å². The maximum absolute atomic E-state index is 11.7. The monoisotopic (exact) mass is 398 g/mol. The fourth-order valence-corrected chi connectivity index (χ4v) is 2.75. The van der Waals surface area contributed by atoms with Gasteiger partial charge in [0, 0.05) is 6.42 Å². The number of likely N-dealkylation sites (N-methyl/N-ethyl adjacent to an activating group) is 1. The zero-order valence-corrected chi connectivity index (χ0v) is 17.6. The molecule has 0 saturated carbocycles. The molecule has 0 aromatic rings. The maximum Gasteiger partial charge on any atom is 0.472 e.